The summed E-state index contributed by atoms with van der Waals surface area (Å²) in [6, 6.07) is 11.2. The molecular weight excluding hydrogens is 484 g/mol. The van der Waals surface area contributed by atoms with Gasteiger partial charge in [-0.1, -0.05) is 23.3 Å². The van der Waals surface area contributed by atoms with Crippen LogP contribution in [0, 0.1) is 17.8 Å². The van der Waals surface area contributed by atoms with Crippen molar-refractivity contribution >= 4 is 46.7 Å². The molecule has 9 heteroatoms. The highest BCUT2D eigenvalue weighted by Gasteiger charge is 2.48. The zero-order chi connectivity index (χ0) is 25.6. The molecule has 0 spiro atoms. The first-order valence-corrected chi connectivity index (χ1v) is 12.1. The van der Waals surface area contributed by atoms with Gasteiger partial charge in [-0.25, -0.2) is 0 Å². The number of nitrogens with zero attached hydrogens (tertiary/aromatic N) is 2. The Bertz CT molecular complexity index is 1290. The van der Waals surface area contributed by atoms with Gasteiger partial charge in [0.05, 0.1) is 36.2 Å². The number of hydrogen-bond donors (Lipinski definition) is 0. The minimum atomic E-state index is -0.665. The molecule has 0 N–H and O–H groups in total. The third-order valence-corrected chi connectivity index (χ3v) is 7.26. The quantitative estimate of drug-likeness (QED) is 0.261. The first-order chi connectivity index (χ1) is 17.3. The predicted octanol–water partition coefficient (Wildman–Crippen LogP) is 4.15. The summed E-state index contributed by atoms with van der Waals surface area (Å²) in [6.07, 6.45) is 3.19. The molecule has 3 amide bonds. The lowest BCUT2D eigenvalue weighted by Gasteiger charge is -2.19. The molecule has 2 aromatic rings. The Morgan fingerprint density at radius 1 is 1.00 bits per heavy atom. The Labute approximate surface area is 213 Å². The molecule has 2 aliphatic heterocycles. The molecule has 0 radical (unpaired) electrons. The minimum Gasteiger partial charge on any atom is -0.495 e. The van der Waals surface area contributed by atoms with Crippen LogP contribution in [0.3, 0.4) is 0 Å². The van der Waals surface area contributed by atoms with Gasteiger partial charge in [-0.05, 0) is 62.2 Å². The molecule has 0 bridgehead atoms. The molecule has 2 saturated heterocycles. The van der Waals surface area contributed by atoms with Gasteiger partial charge in [-0.3, -0.25) is 24.1 Å². The van der Waals surface area contributed by atoms with E-state index in [2.05, 4.69) is 0 Å². The van der Waals surface area contributed by atoms with Crippen LogP contribution in [0.1, 0.15) is 26.2 Å². The van der Waals surface area contributed by atoms with E-state index < -0.39 is 11.9 Å². The maximum Gasteiger partial charge on any atom is 0.316 e. The number of anilines is 2. The van der Waals surface area contributed by atoms with Crippen LogP contribution in [-0.4, -0.2) is 37.3 Å². The summed E-state index contributed by atoms with van der Waals surface area (Å²) in [5, 5.41) is 0.449. The van der Waals surface area contributed by atoms with E-state index in [1.165, 1.54) is 16.9 Å². The van der Waals surface area contributed by atoms with Crippen LogP contribution >= 0.6 is 11.6 Å². The molecule has 0 saturated carbocycles. The number of carbonyl (C=O) groups is 4. The molecule has 186 valence electrons. The molecule has 8 nitrogen and oxygen atoms in total. The Morgan fingerprint density at radius 3 is 2.44 bits per heavy atom. The van der Waals surface area contributed by atoms with Crippen molar-refractivity contribution in [2.75, 3.05) is 23.5 Å². The first kappa shape index (κ1) is 24.1. The number of amides is 3. The van der Waals surface area contributed by atoms with E-state index in [-0.39, 0.29) is 48.3 Å². The summed E-state index contributed by atoms with van der Waals surface area (Å²) in [5.41, 5.74) is 2.08. The smallest absolute Gasteiger partial charge is 0.316 e. The number of rotatable bonds is 5. The highest BCUT2D eigenvalue weighted by molar-refractivity contribution is 6.31. The average molecular weight is 509 g/mol. The van der Waals surface area contributed by atoms with Crippen LogP contribution in [0.25, 0.3) is 0 Å². The molecule has 1 aliphatic carbocycles. The van der Waals surface area contributed by atoms with E-state index in [1.807, 2.05) is 13.0 Å². The molecule has 3 aliphatic rings. The van der Waals surface area contributed by atoms with Gasteiger partial charge in [0.25, 0.3) is 0 Å². The van der Waals surface area contributed by atoms with E-state index in [0.29, 0.717) is 35.0 Å². The van der Waals surface area contributed by atoms with Crippen molar-refractivity contribution in [2.45, 2.75) is 26.2 Å². The zero-order valence-corrected chi connectivity index (χ0v) is 20.7. The van der Waals surface area contributed by atoms with E-state index >= 15 is 0 Å². The van der Waals surface area contributed by atoms with Crippen molar-refractivity contribution in [1.29, 1.82) is 0 Å². The topological polar surface area (TPSA) is 93.2 Å². The highest BCUT2D eigenvalue weighted by Crippen LogP contribution is 2.40. The van der Waals surface area contributed by atoms with E-state index in [4.69, 9.17) is 21.1 Å². The largest absolute Gasteiger partial charge is 0.495 e. The Hall–Kier alpha value is -3.65. The van der Waals surface area contributed by atoms with Gasteiger partial charge in [-0.2, -0.15) is 0 Å². The number of imide groups is 1. The van der Waals surface area contributed by atoms with Gasteiger partial charge >= 0.3 is 5.97 Å². The standard InChI is InChI=1S/C27H25ClN2O6/c1-15-3-9-20-21(11-15)26(33)30(25(20)32)18-5-7-19(8-6-18)36-27(34)16-12-24(31)29(14-16)22-13-17(28)4-10-23(22)35-2/h3-8,10,13,16,20-21H,9,11-12,14H2,1-2H3/t16-,20-,21-/m1/s1. The fraction of sp³-hybridized carbons (Fsp3) is 0.333. The van der Waals surface area contributed by atoms with Gasteiger partial charge in [-0.15, -0.1) is 0 Å². The second kappa shape index (κ2) is 9.43. The number of hydrogen-bond acceptors (Lipinski definition) is 6. The maximum absolute atomic E-state index is 12.9. The molecule has 0 aromatic heterocycles. The molecule has 2 fully saturated rings. The lowest BCUT2D eigenvalue weighted by atomic mass is 9.82. The third kappa shape index (κ3) is 4.26. The fourth-order valence-corrected chi connectivity index (χ4v) is 5.29. The zero-order valence-electron chi connectivity index (χ0n) is 19.9. The summed E-state index contributed by atoms with van der Waals surface area (Å²) in [5.74, 6) is -1.71. The van der Waals surface area contributed by atoms with Crippen LogP contribution in [0.5, 0.6) is 11.5 Å². The van der Waals surface area contributed by atoms with Crippen LogP contribution in [0.15, 0.2) is 54.1 Å². The number of benzene rings is 2. The summed E-state index contributed by atoms with van der Waals surface area (Å²) in [4.78, 5) is 54.0. The summed E-state index contributed by atoms with van der Waals surface area (Å²) in [6.45, 7) is 2.11. The summed E-state index contributed by atoms with van der Waals surface area (Å²) in [7, 11) is 1.50. The number of halogens is 1. The summed E-state index contributed by atoms with van der Waals surface area (Å²) >= 11 is 6.09. The third-order valence-electron chi connectivity index (χ3n) is 7.03. The number of ether oxygens (including phenoxy) is 2. The summed E-state index contributed by atoms with van der Waals surface area (Å²) < 4.78 is 10.9. The van der Waals surface area contributed by atoms with Crippen LogP contribution in [-0.2, 0) is 19.2 Å². The monoisotopic (exact) mass is 508 g/mol. The molecule has 36 heavy (non-hydrogen) atoms. The SMILES string of the molecule is COc1ccc(Cl)cc1N1C[C@H](C(=O)Oc2ccc(N3C(=O)[C@@H]4CC=C(C)C[C@H]4C3=O)cc2)CC1=O. The second-order valence-corrected chi connectivity index (χ2v) is 9.79. The highest BCUT2D eigenvalue weighted by atomic mass is 35.5. The van der Waals surface area contributed by atoms with Gasteiger partial charge in [0.1, 0.15) is 11.5 Å². The van der Waals surface area contributed by atoms with Crippen molar-refractivity contribution in [2.24, 2.45) is 17.8 Å². The molecule has 3 atom stereocenters. The fourth-order valence-electron chi connectivity index (χ4n) is 5.13. The number of fused-ring (bicyclic) bond motifs is 1. The number of esters is 1. The van der Waals surface area contributed by atoms with Gasteiger partial charge in [0, 0.05) is 18.0 Å². The van der Waals surface area contributed by atoms with Crippen molar-refractivity contribution in [3.63, 3.8) is 0 Å². The Morgan fingerprint density at radius 2 is 1.72 bits per heavy atom. The molecule has 2 aromatic carbocycles. The van der Waals surface area contributed by atoms with E-state index in [0.717, 1.165) is 5.57 Å². The van der Waals surface area contributed by atoms with Crippen LogP contribution in [0.4, 0.5) is 11.4 Å². The van der Waals surface area contributed by atoms with Gasteiger partial charge < -0.3 is 14.4 Å². The van der Waals surface area contributed by atoms with E-state index in [9.17, 15) is 19.2 Å². The van der Waals surface area contributed by atoms with Crippen molar-refractivity contribution in [1.82, 2.24) is 0 Å². The van der Waals surface area contributed by atoms with Gasteiger partial charge in [0.15, 0.2) is 0 Å². The van der Waals surface area contributed by atoms with Crippen molar-refractivity contribution in [3.05, 3.63) is 59.1 Å². The van der Waals surface area contributed by atoms with E-state index in [1.54, 1.807) is 42.5 Å². The molecule has 5 rings (SSSR count). The number of methoxy groups -OCH3 is 1. The first-order valence-electron chi connectivity index (χ1n) is 11.8. The van der Waals surface area contributed by atoms with Crippen LogP contribution < -0.4 is 19.3 Å². The lowest BCUT2D eigenvalue weighted by molar-refractivity contribution is -0.139. The Kier molecular flexibility index (Phi) is 6.30. The molecular formula is C27H25ClN2O6. The Balaban J connectivity index is 1.26. The van der Waals surface area contributed by atoms with Crippen LogP contribution in [0.2, 0.25) is 5.02 Å². The van der Waals surface area contributed by atoms with Crippen molar-refractivity contribution in [3.8, 4) is 11.5 Å². The minimum absolute atomic E-state index is 0.000402. The molecule has 2 heterocycles. The second-order valence-electron chi connectivity index (χ2n) is 9.35. The predicted molar refractivity (Wildman–Crippen MR) is 133 cm³/mol. The number of allylic oxidation sites excluding steroid dienone is 2. The normalized spacial score (nSPS) is 23.6. The van der Waals surface area contributed by atoms with Gasteiger partial charge in [0.2, 0.25) is 17.7 Å². The number of carbonyl (C=O) groups excluding carboxylic acids is 4. The molecule has 0 unspecified atom stereocenters. The average Bonchev–Trinajstić information content (AvgIpc) is 3.36. The van der Waals surface area contributed by atoms with Crippen molar-refractivity contribution < 1.29 is 28.7 Å². The maximum atomic E-state index is 12.9. The lowest BCUT2D eigenvalue weighted by Crippen LogP contribution is -2.30.